The fraction of sp³-hybridized carbons (Fsp3) is 0.818. The molecule has 1 unspecified atom stereocenters. The van der Waals surface area contributed by atoms with Gasteiger partial charge in [-0.05, 0) is 19.8 Å². The summed E-state index contributed by atoms with van der Waals surface area (Å²) in [6.45, 7) is 7.50. The molecule has 0 spiro atoms. The Hall–Kier alpha value is -1.10. The lowest BCUT2D eigenvalue weighted by Crippen LogP contribution is -2.48. The number of carboxylic acids is 1. The third kappa shape index (κ3) is 4.61. The maximum atomic E-state index is 11.6. The van der Waals surface area contributed by atoms with Crippen molar-refractivity contribution in [1.29, 1.82) is 0 Å². The van der Waals surface area contributed by atoms with E-state index < -0.39 is 18.1 Å². The van der Waals surface area contributed by atoms with Crippen LogP contribution in [-0.2, 0) is 14.3 Å². The molecule has 0 rings (SSSR count). The number of rotatable bonds is 7. The molecule has 1 amide bonds. The molecule has 0 saturated carbocycles. The third-order valence-corrected chi connectivity index (χ3v) is 2.56. The molecule has 5 nitrogen and oxygen atoms in total. The summed E-state index contributed by atoms with van der Waals surface area (Å²) in [5.74, 6) is -1.49. The van der Waals surface area contributed by atoms with Gasteiger partial charge in [0.25, 0.3) is 0 Å². The summed E-state index contributed by atoms with van der Waals surface area (Å²) in [5.41, 5.74) is 0. The molecule has 3 atom stereocenters. The average molecular weight is 231 g/mol. The van der Waals surface area contributed by atoms with E-state index in [-0.39, 0.29) is 11.8 Å². The number of amides is 1. The summed E-state index contributed by atoms with van der Waals surface area (Å²) in [6.07, 6.45) is 0.0798. The Labute approximate surface area is 96.2 Å². The molecule has 0 saturated heterocycles. The Bertz CT molecular complexity index is 242. The molecule has 0 fully saturated rings. The van der Waals surface area contributed by atoms with Crippen molar-refractivity contribution in [3.8, 4) is 0 Å². The predicted octanol–water partition coefficient (Wildman–Crippen LogP) is 1.03. The molecule has 0 aliphatic rings. The molecule has 0 aromatic heterocycles. The second kappa shape index (κ2) is 7.22. The van der Waals surface area contributed by atoms with Crippen LogP contribution in [0.1, 0.15) is 34.1 Å². The van der Waals surface area contributed by atoms with E-state index >= 15 is 0 Å². The molecule has 0 radical (unpaired) electrons. The van der Waals surface area contributed by atoms with Gasteiger partial charge in [-0.25, -0.2) is 4.79 Å². The van der Waals surface area contributed by atoms with E-state index in [1.165, 1.54) is 0 Å². The summed E-state index contributed by atoms with van der Waals surface area (Å²) >= 11 is 0. The number of carbonyl (C=O) groups is 2. The van der Waals surface area contributed by atoms with Gasteiger partial charge in [0.05, 0.1) is 0 Å². The Kier molecular flexibility index (Phi) is 6.72. The Morgan fingerprint density at radius 2 is 1.88 bits per heavy atom. The predicted molar refractivity (Wildman–Crippen MR) is 60.1 cm³/mol. The minimum Gasteiger partial charge on any atom is -0.480 e. The fourth-order valence-corrected chi connectivity index (χ4v) is 1.28. The van der Waals surface area contributed by atoms with E-state index in [2.05, 4.69) is 5.32 Å². The van der Waals surface area contributed by atoms with Gasteiger partial charge in [-0.2, -0.15) is 0 Å². The molecule has 0 bridgehead atoms. The normalized spacial score (nSPS) is 16.2. The summed E-state index contributed by atoms with van der Waals surface area (Å²) in [7, 11) is 0. The van der Waals surface area contributed by atoms with Crippen LogP contribution in [0.25, 0.3) is 0 Å². The number of hydrogen-bond acceptors (Lipinski definition) is 3. The van der Waals surface area contributed by atoms with E-state index in [0.717, 1.165) is 0 Å². The summed E-state index contributed by atoms with van der Waals surface area (Å²) < 4.78 is 5.09. The second-order valence-corrected chi connectivity index (χ2v) is 3.81. The van der Waals surface area contributed by atoms with Crippen molar-refractivity contribution in [1.82, 2.24) is 5.32 Å². The van der Waals surface area contributed by atoms with Crippen molar-refractivity contribution in [2.24, 2.45) is 5.92 Å². The molecule has 0 aromatic carbocycles. The van der Waals surface area contributed by atoms with Gasteiger partial charge in [-0.15, -0.1) is 0 Å². The number of carbonyl (C=O) groups excluding carboxylic acids is 1. The largest absolute Gasteiger partial charge is 0.480 e. The molecule has 0 aliphatic carbocycles. The zero-order valence-electron chi connectivity index (χ0n) is 10.3. The van der Waals surface area contributed by atoms with Gasteiger partial charge in [-0.3, -0.25) is 4.79 Å². The van der Waals surface area contributed by atoms with Crippen molar-refractivity contribution in [3.05, 3.63) is 0 Å². The maximum absolute atomic E-state index is 11.6. The number of hydrogen-bond donors (Lipinski definition) is 2. The van der Waals surface area contributed by atoms with Crippen LogP contribution >= 0.6 is 0 Å². The highest BCUT2D eigenvalue weighted by molar-refractivity contribution is 5.86. The first-order chi connectivity index (χ1) is 7.43. The SMILES string of the molecule is CCOC(C)C(=O)N[C@H](C(=O)O)[C@@H](C)CC. The first kappa shape index (κ1) is 14.9. The number of ether oxygens (including phenoxy) is 1. The van der Waals surface area contributed by atoms with Gasteiger partial charge in [0.2, 0.25) is 5.91 Å². The van der Waals surface area contributed by atoms with Gasteiger partial charge >= 0.3 is 5.97 Å². The van der Waals surface area contributed by atoms with Crippen LogP contribution in [0.15, 0.2) is 0 Å². The van der Waals surface area contributed by atoms with Crippen molar-refractivity contribution in [2.45, 2.75) is 46.3 Å². The van der Waals surface area contributed by atoms with Crippen LogP contribution in [0.5, 0.6) is 0 Å². The summed E-state index contributed by atoms with van der Waals surface area (Å²) in [4.78, 5) is 22.5. The van der Waals surface area contributed by atoms with Crippen molar-refractivity contribution in [2.75, 3.05) is 6.61 Å². The number of carboxylic acid groups (broad SMARTS) is 1. The minimum absolute atomic E-state index is 0.102. The first-order valence-electron chi connectivity index (χ1n) is 5.58. The molecule has 94 valence electrons. The molecule has 0 heterocycles. The van der Waals surface area contributed by atoms with Gasteiger partial charge in [0, 0.05) is 6.61 Å². The van der Waals surface area contributed by atoms with Gasteiger partial charge in [-0.1, -0.05) is 20.3 Å². The summed E-state index contributed by atoms with van der Waals surface area (Å²) in [6, 6.07) is -0.847. The number of aliphatic carboxylic acids is 1. The van der Waals surface area contributed by atoms with Crippen molar-refractivity contribution >= 4 is 11.9 Å². The summed E-state index contributed by atoms with van der Waals surface area (Å²) in [5, 5.41) is 11.5. The lowest BCUT2D eigenvalue weighted by Gasteiger charge is -2.22. The van der Waals surface area contributed by atoms with Crippen molar-refractivity contribution < 1.29 is 19.4 Å². The Morgan fingerprint density at radius 1 is 1.31 bits per heavy atom. The standard InChI is InChI=1S/C11H21NO4/c1-5-7(3)9(11(14)15)12-10(13)8(4)16-6-2/h7-9H,5-6H2,1-4H3,(H,12,13)(H,14,15)/t7-,8?,9-/m0/s1. The van der Waals surface area contributed by atoms with E-state index in [0.29, 0.717) is 13.0 Å². The van der Waals surface area contributed by atoms with Crippen LogP contribution in [0.4, 0.5) is 0 Å². The van der Waals surface area contributed by atoms with E-state index in [1.54, 1.807) is 20.8 Å². The van der Waals surface area contributed by atoms with Crippen LogP contribution in [0.2, 0.25) is 0 Å². The molecular formula is C11H21NO4. The van der Waals surface area contributed by atoms with Crippen molar-refractivity contribution in [3.63, 3.8) is 0 Å². The monoisotopic (exact) mass is 231 g/mol. The Morgan fingerprint density at radius 3 is 2.25 bits per heavy atom. The van der Waals surface area contributed by atoms with Gasteiger partial charge in [0.15, 0.2) is 0 Å². The Balaban J connectivity index is 4.40. The lowest BCUT2D eigenvalue weighted by atomic mass is 9.99. The second-order valence-electron chi connectivity index (χ2n) is 3.81. The van der Waals surface area contributed by atoms with Crippen LogP contribution in [0.3, 0.4) is 0 Å². The topological polar surface area (TPSA) is 75.6 Å². The lowest BCUT2D eigenvalue weighted by molar-refractivity contribution is -0.145. The molecule has 16 heavy (non-hydrogen) atoms. The molecular weight excluding hydrogens is 210 g/mol. The highest BCUT2D eigenvalue weighted by Gasteiger charge is 2.27. The highest BCUT2D eigenvalue weighted by atomic mass is 16.5. The van der Waals surface area contributed by atoms with Gasteiger partial charge < -0.3 is 15.2 Å². The van der Waals surface area contributed by atoms with Gasteiger partial charge in [0.1, 0.15) is 12.1 Å². The molecule has 0 aliphatic heterocycles. The smallest absolute Gasteiger partial charge is 0.326 e. The average Bonchev–Trinajstić information content (AvgIpc) is 2.24. The molecule has 5 heteroatoms. The van der Waals surface area contributed by atoms with Crippen LogP contribution in [-0.4, -0.2) is 35.7 Å². The van der Waals surface area contributed by atoms with Crippen LogP contribution < -0.4 is 5.32 Å². The maximum Gasteiger partial charge on any atom is 0.326 e. The zero-order chi connectivity index (χ0) is 12.7. The van der Waals surface area contributed by atoms with E-state index in [4.69, 9.17) is 9.84 Å². The third-order valence-electron chi connectivity index (χ3n) is 2.56. The van der Waals surface area contributed by atoms with Crippen LogP contribution in [0, 0.1) is 5.92 Å². The molecule has 2 N–H and O–H groups in total. The minimum atomic E-state index is -1.01. The quantitative estimate of drug-likeness (QED) is 0.686. The highest BCUT2D eigenvalue weighted by Crippen LogP contribution is 2.08. The fourth-order valence-electron chi connectivity index (χ4n) is 1.28. The van der Waals surface area contributed by atoms with E-state index in [9.17, 15) is 9.59 Å². The first-order valence-corrected chi connectivity index (χ1v) is 5.58. The zero-order valence-corrected chi connectivity index (χ0v) is 10.3. The van der Waals surface area contributed by atoms with E-state index in [1.807, 2.05) is 6.92 Å². The number of nitrogens with one attached hydrogen (secondary N) is 1. The molecule has 0 aromatic rings.